The maximum absolute atomic E-state index is 13.3. The van der Waals surface area contributed by atoms with Crippen LogP contribution in [0.4, 0.5) is 5.69 Å². The summed E-state index contributed by atoms with van der Waals surface area (Å²) < 4.78 is 28.3. The number of ether oxygens (including phenoxy) is 5. The number of thioether (sulfide) groups is 1. The van der Waals surface area contributed by atoms with Gasteiger partial charge in [-0.05, 0) is 55.9 Å². The van der Waals surface area contributed by atoms with Gasteiger partial charge < -0.3 is 43.7 Å². The second-order valence-corrected chi connectivity index (χ2v) is 11.3. The number of para-hydroxylation sites is 1. The summed E-state index contributed by atoms with van der Waals surface area (Å²) in [7, 11) is 5.51. The Kier molecular flexibility index (Phi) is 12.1. The zero-order valence-electron chi connectivity index (χ0n) is 25.7. The number of fused-ring (bicyclic) bond motifs is 2. The first kappa shape index (κ1) is 34.0. The zero-order valence-corrected chi connectivity index (χ0v) is 26.5. The molecule has 0 radical (unpaired) electrons. The van der Waals surface area contributed by atoms with Crippen molar-refractivity contribution in [3.05, 3.63) is 78.4 Å². The van der Waals surface area contributed by atoms with E-state index in [1.54, 1.807) is 23.8 Å². The fraction of sp³-hybridized carbons (Fsp3) is 0.303. The molecule has 2 aliphatic rings. The second kappa shape index (κ2) is 16.4. The molecule has 2 aliphatic heterocycles. The van der Waals surface area contributed by atoms with E-state index in [-0.39, 0.29) is 12.7 Å². The van der Waals surface area contributed by atoms with Crippen LogP contribution in [0.5, 0.6) is 28.7 Å². The van der Waals surface area contributed by atoms with E-state index in [9.17, 15) is 14.4 Å². The predicted octanol–water partition coefficient (Wildman–Crippen LogP) is 4.73. The fourth-order valence-corrected chi connectivity index (χ4v) is 5.86. The maximum Gasteiger partial charge on any atom is 0.328 e. The predicted molar refractivity (Wildman–Crippen MR) is 172 cm³/mol. The summed E-state index contributed by atoms with van der Waals surface area (Å²) in [5, 5.41) is 15.2. The quantitative estimate of drug-likeness (QED) is 0.195. The number of carboxylic acids is 2. The van der Waals surface area contributed by atoms with Crippen molar-refractivity contribution in [3.8, 4) is 28.7 Å². The van der Waals surface area contributed by atoms with Crippen molar-refractivity contribution in [1.82, 2.24) is 4.90 Å². The average Bonchev–Trinajstić information content (AvgIpc) is 3.52. The summed E-state index contributed by atoms with van der Waals surface area (Å²) in [6.07, 6.45) is 1.95. The van der Waals surface area contributed by atoms with Crippen LogP contribution >= 0.6 is 11.8 Å². The Labute approximate surface area is 271 Å². The topological polar surface area (TPSA) is 144 Å². The minimum Gasteiger partial charge on any atom is -0.497 e. The van der Waals surface area contributed by atoms with Gasteiger partial charge in [0.25, 0.3) is 0 Å². The lowest BCUT2D eigenvalue weighted by atomic mass is 10.1. The minimum absolute atomic E-state index is 0.0222. The van der Waals surface area contributed by atoms with E-state index in [4.69, 9.17) is 33.9 Å². The number of methoxy groups -OCH3 is 1. The Morgan fingerprint density at radius 3 is 2.41 bits per heavy atom. The van der Waals surface area contributed by atoms with Gasteiger partial charge in [-0.2, -0.15) is 0 Å². The molecule has 2 N–H and O–H groups in total. The van der Waals surface area contributed by atoms with Gasteiger partial charge in [0.15, 0.2) is 11.5 Å². The number of anilines is 1. The van der Waals surface area contributed by atoms with Crippen molar-refractivity contribution in [2.75, 3.05) is 59.2 Å². The number of benzene rings is 3. The van der Waals surface area contributed by atoms with E-state index in [0.29, 0.717) is 36.9 Å². The minimum atomic E-state index is -1.26. The molecule has 2 heterocycles. The molecule has 3 aromatic carbocycles. The SMILES string of the molecule is COc1ccc(OCCCN(C)CCOc2ccc3c(c2)OCO3)c([C@H]2Sc3ccccc3N(C)C2=O)c1.O=C(O)/C=C\C(=O)O. The molecule has 12 nitrogen and oxygen atoms in total. The lowest BCUT2D eigenvalue weighted by molar-refractivity contribution is -0.134. The molecule has 244 valence electrons. The van der Waals surface area contributed by atoms with Crippen LogP contribution in [0.15, 0.2) is 77.7 Å². The first-order valence-corrected chi connectivity index (χ1v) is 15.2. The Bertz CT molecular complexity index is 1550. The third-order valence-electron chi connectivity index (χ3n) is 6.92. The molecule has 13 heteroatoms. The van der Waals surface area contributed by atoms with Crippen molar-refractivity contribution in [2.45, 2.75) is 16.6 Å². The molecule has 1 amide bonds. The van der Waals surface area contributed by atoms with Gasteiger partial charge in [-0.15, -0.1) is 11.8 Å². The first-order valence-electron chi connectivity index (χ1n) is 14.3. The van der Waals surface area contributed by atoms with E-state index in [1.807, 2.05) is 67.7 Å². The number of nitrogens with zero attached hydrogens (tertiary/aromatic N) is 2. The van der Waals surface area contributed by atoms with E-state index in [1.165, 1.54) is 0 Å². The first-order chi connectivity index (χ1) is 22.2. The van der Waals surface area contributed by atoms with E-state index < -0.39 is 17.2 Å². The molecule has 1 atom stereocenters. The van der Waals surface area contributed by atoms with Gasteiger partial charge in [-0.1, -0.05) is 12.1 Å². The molecule has 0 fully saturated rings. The summed E-state index contributed by atoms with van der Waals surface area (Å²) in [4.78, 5) is 37.4. The largest absolute Gasteiger partial charge is 0.497 e. The van der Waals surface area contributed by atoms with Crippen LogP contribution in [0.1, 0.15) is 17.2 Å². The van der Waals surface area contributed by atoms with Gasteiger partial charge in [-0.25, -0.2) is 9.59 Å². The van der Waals surface area contributed by atoms with Crippen LogP contribution in [0.25, 0.3) is 0 Å². The average molecular weight is 653 g/mol. The van der Waals surface area contributed by atoms with Gasteiger partial charge in [0.1, 0.15) is 29.1 Å². The van der Waals surface area contributed by atoms with Gasteiger partial charge >= 0.3 is 11.9 Å². The van der Waals surface area contributed by atoms with Crippen molar-refractivity contribution < 1.29 is 48.3 Å². The van der Waals surface area contributed by atoms with Crippen LogP contribution in [-0.4, -0.2) is 87.3 Å². The third-order valence-corrected chi connectivity index (χ3v) is 8.21. The number of hydrogen-bond donors (Lipinski definition) is 2. The van der Waals surface area contributed by atoms with Crippen molar-refractivity contribution in [2.24, 2.45) is 0 Å². The van der Waals surface area contributed by atoms with Crippen LogP contribution in [-0.2, 0) is 14.4 Å². The molecule has 3 aromatic rings. The summed E-state index contributed by atoms with van der Waals surface area (Å²) in [6.45, 7) is 2.98. The highest BCUT2D eigenvalue weighted by Crippen LogP contribution is 2.48. The normalized spacial score (nSPS) is 14.8. The Morgan fingerprint density at radius 2 is 1.67 bits per heavy atom. The fourth-order valence-electron chi connectivity index (χ4n) is 4.55. The van der Waals surface area contributed by atoms with Crippen LogP contribution in [0, 0.1) is 0 Å². The molecule has 0 bridgehead atoms. The number of carbonyl (C=O) groups is 3. The number of carboxylic acid groups (broad SMARTS) is 2. The monoisotopic (exact) mass is 652 g/mol. The Hall–Kier alpha value is -4.88. The van der Waals surface area contributed by atoms with Crippen molar-refractivity contribution in [1.29, 1.82) is 0 Å². The number of rotatable bonds is 13. The number of likely N-dealkylation sites (N-methyl/N-ethyl adjacent to an activating group) is 2. The summed E-state index contributed by atoms with van der Waals surface area (Å²) >= 11 is 1.55. The molecule has 5 rings (SSSR count). The highest BCUT2D eigenvalue weighted by atomic mass is 32.2. The number of amides is 1. The van der Waals surface area contributed by atoms with Gasteiger partial charge in [0.05, 0.1) is 19.4 Å². The number of carbonyl (C=O) groups excluding carboxylic acids is 1. The lowest BCUT2D eigenvalue weighted by Gasteiger charge is -2.32. The van der Waals surface area contributed by atoms with Gasteiger partial charge in [-0.3, -0.25) is 4.79 Å². The maximum atomic E-state index is 13.3. The van der Waals surface area contributed by atoms with Gasteiger partial charge in [0.2, 0.25) is 12.7 Å². The lowest BCUT2D eigenvalue weighted by Crippen LogP contribution is -2.33. The molecule has 0 saturated carbocycles. The Morgan fingerprint density at radius 1 is 0.957 bits per heavy atom. The zero-order chi connectivity index (χ0) is 33.1. The molecule has 0 unspecified atom stereocenters. The molecular formula is C33H36N2O10S. The van der Waals surface area contributed by atoms with E-state index in [2.05, 4.69) is 11.9 Å². The Balaban J connectivity index is 0.000000533. The van der Waals surface area contributed by atoms with Gasteiger partial charge in [0, 0.05) is 48.8 Å². The molecule has 0 aliphatic carbocycles. The summed E-state index contributed by atoms with van der Waals surface area (Å²) in [5.41, 5.74) is 1.75. The van der Waals surface area contributed by atoms with E-state index >= 15 is 0 Å². The summed E-state index contributed by atoms with van der Waals surface area (Å²) in [6, 6.07) is 19.2. The van der Waals surface area contributed by atoms with Crippen LogP contribution in [0.3, 0.4) is 0 Å². The molecule has 46 heavy (non-hydrogen) atoms. The molecule has 0 aromatic heterocycles. The number of hydrogen-bond acceptors (Lipinski definition) is 10. The smallest absolute Gasteiger partial charge is 0.328 e. The number of aliphatic carboxylic acids is 2. The highest BCUT2D eigenvalue weighted by Gasteiger charge is 2.34. The van der Waals surface area contributed by atoms with Crippen LogP contribution < -0.4 is 28.6 Å². The summed E-state index contributed by atoms with van der Waals surface area (Å²) in [5.74, 6) is 1.14. The highest BCUT2D eigenvalue weighted by molar-refractivity contribution is 8.00. The standard InChI is InChI=1S/C29H32N2O6S.C4H4O4/c1-30(14-16-34-21-10-12-25-26(18-21)37-19-36-25)13-6-15-35-24-11-9-20(33-3)17-22(24)28-29(32)31(2)23-7-4-5-8-27(23)38-28;5-3(6)1-2-4(7)8/h4-5,7-12,17-18,28H,6,13-16,19H2,1-3H3;1-2H,(H,5,6)(H,7,8)/b;2-1-/t28-;/m1./s1. The van der Waals surface area contributed by atoms with Crippen molar-refractivity contribution >= 4 is 35.3 Å². The molecular weight excluding hydrogens is 616 g/mol. The molecule has 0 saturated heterocycles. The van der Waals surface area contributed by atoms with E-state index in [0.717, 1.165) is 52.9 Å². The molecule has 0 spiro atoms. The van der Waals surface area contributed by atoms with Crippen LogP contribution in [0.2, 0.25) is 0 Å². The second-order valence-electron chi connectivity index (χ2n) is 10.1. The third kappa shape index (κ3) is 9.31. The van der Waals surface area contributed by atoms with Crippen molar-refractivity contribution in [3.63, 3.8) is 0 Å².